The van der Waals surface area contributed by atoms with Gasteiger partial charge in [0.25, 0.3) is 11.5 Å². The Balaban J connectivity index is 1.59. The number of aromatic amines is 1. The average Bonchev–Trinajstić information content (AvgIpc) is 3.18. The Hall–Kier alpha value is -2.78. The molecule has 0 saturated heterocycles. The predicted octanol–water partition coefficient (Wildman–Crippen LogP) is 2.24. The number of benzene rings is 1. The van der Waals surface area contributed by atoms with E-state index < -0.39 is 0 Å². The molecule has 0 unspecified atom stereocenters. The monoisotopic (exact) mass is 371 g/mol. The summed E-state index contributed by atoms with van der Waals surface area (Å²) in [6, 6.07) is 4.89. The molecule has 0 aliphatic carbocycles. The van der Waals surface area contributed by atoms with Crippen LogP contribution in [0.5, 0.6) is 0 Å². The highest BCUT2D eigenvalue weighted by Gasteiger charge is 2.10. The number of thiazole rings is 1. The Bertz CT molecular complexity index is 1200. The predicted molar refractivity (Wildman–Crippen MR) is 98.6 cm³/mol. The minimum absolute atomic E-state index is 0.191. The molecule has 0 aliphatic heterocycles. The molecule has 0 saturated carbocycles. The van der Waals surface area contributed by atoms with Crippen molar-refractivity contribution in [1.82, 2.24) is 24.3 Å². The van der Waals surface area contributed by atoms with Crippen molar-refractivity contribution >= 4 is 45.3 Å². The number of hydrogen-bond donors (Lipinski definition) is 2. The van der Waals surface area contributed by atoms with Crippen LogP contribution >= 0.6 is 23.6 Å². The van der Waals surface area contributed by atoms with Gasteiger partial charge in [-0.25, -0.2) is 4.98 Å². The molecule has 1 aromatic carbocycles. The third kappa shape index (κ3) is 2.77. The van der Waals surface area contributed by atoms with E-state index in [0.29, 0.717) is 27.8 Å². The molecule has 3 heterocycles. The molecule has 0 aliphatic rings. The molecule has 7 nitrogen and oxygen atoms in total. The number of carbonyl (C=O) groups is 1. The van der Waals surface area contributed by atoms with Crippen molar-refractivity contribution in [1.29, 1.82) is 0 Å². The summed E-state index contributed by atoms with van der Waals surface area (Å²) < 4.78 is 3.59. The van der Waals surface area contributed by atoms with E-state index >= 15 is 0 Å². The van der Waals surface area contributed by atoms with Gasteiger partial charge in [-0.2, -0.15) is 0 Å². The van der Waals surface area contributed by atoms with Crippen molar-refractivity contribution in [3.8, 4) is 0 Å². The van der Waals surface area contributed by atoms with Gasteiger partial charge in [-0.05, 0) is 30.4 Å². The van der Waals surface area contributed by atoms with Gasteiger partial charge in [0, 0.05) is 30.4 Å². The molecule has 0 fully saturated rings. The molecule has 2 N–H and O–H groups in total. The van der Waals surface area contributed by atoms with Crippen molar-refractivity contribution in [2.75, 3.05) is 0 Å². The first-order valence-electron chi connectivity index (χ1n) is 7.45. The highest BCUT2D eigenvalue weighted by Crippen LogP contribution is 2.13. The highest BCUT2D eigenvalue weighted by atomic mass is 32.1. The zero-order chi connectivity index (χ0) is 17.6. The van der Waals surface area contributed by atoms with Crippen LogP contribution in [0.25, 0.3) is 15.9 Å². The Morgan fingerprint density at radius 2 is 2.28 bits per heavy atom. The second-order valence-electron chi connectivity index (χ2n) is 5.56. The quantitative estimate of drug-likeness (QED) is 0.541. The molecule has 3 aromatic heterocycles. The normalized spacial score (nSPS) is 11.2. The summed E-state index contributed by atoms with van der Waals surface area (Å²) in [6.07, 6.45) is 3.80. The zero-order valence-electron chi connectivity index (χ0n) is 13.1. The number of imidazole rings is 1. The largest absolute Gasteiger partial charge is 0.346 e. The maximum atomic E-state index is 12.4. The molecule has 0 atom stereocenters. The summed E-state index contributed by atoms with van der Waals surface area (Å²) >= 11 is 6.65. The van der Waals surface area contributed by atoms with Gasteiger partial charge in [0.1, 0.15) is 0 Å². The third-order valence-electron chi connectivity index (χ3n) is 3.94. The van der Waals surface area contributed by atoms with Crippen molar-refractivity contribution in [2.24, 2.45) is 7.05 Å². The van der Waals surface area contributed by atoms with Crippen LogP contribution in [0.15, 0.2) is 40.8 Å². The SMILES string of the molecule is Cn1c(=S)[nH]c2cc(C(=O)NCc3cn4ccsc4n3)ccc2c1=O. The number of aromatic nitrogens is 4. The van der Waals surface area contributed by atoms with E-state index in [2.05, 4.69) is 15.3 Å². The van der Waals surface area contributed by atoms with Gasteiger partial charge in [0.2, 0.25) is 0 Å². The summed E-state index contributed by atoms with van der Waals surface area (Å²) in [6.45, 7) is 0.331. The average molecular weight is 371 g/mol. The van der Waals surface area contributed by atoms with E-state index in [0.717, 1.165) is 10.7 Å². The number of hydrogen-bond acceptors (Lipinski definition) is 5. The van der Waals surface area contributed by atoms with E-state index in [9.17, 15) is 9.59 Å². The second-order valence-corrected chi connectivity index (χ2v) is 6.82. The van der Waals surface area contributed by atoms with Crippen molar-refractivity contribution in [3.05, 3.63) is 62.4 Å². The Kier molecular flexibility index (Phi) is 3.74. The number of rotatable bonds is 3. The Morgan fingerprint density at radius 3 is 3.08 bits per heavy atom. The van der Waals surface area contributed by atoms with E-state index in [4.69, 9.17) is 12.2 Å². The van der Waals surface area contributed by atoms with Gasteiger partial charge in [-0.1, -0.05) is 0 Å². The van der Waals surface area contributed by atoms with Crippen LogP contribution in [0.2, 0.25) is 0 Å². The smallest absolute Gasteiger partial charge is 0.261 e. The van der Waals surface area contributed by atoms with Crippen LogP contribution in [0.1, 0.15) is 16.1 Å². The van der Waals surface area contributed by atoms with Gasteiger partial charge >= 0.3 is 0 Å². The topological polar surface area (TPSA) is 84.2 Å². The first kappa shape index (κ1) is 15.7. The van der Waals surface area contributed by atoms with E-state index in [-0.39, 0.29) is 11.5 Å². The minimum Gasteiger partial charge on any atom is -0.346 e. The molecule has 9 heteroatoms. The number of nitrogens with zero attached hydrogens (tertiary/aromatic N) is 3. The maximum absolute atomic E-state index is 12.4. The number of fused-ring (bicyclic) bond motifs is 2. The van der Waals surface area contributed by atoms with Gasteiger partial charge < -0.3 is 10.3 Å². The van der Waals surface area contributed by atoms with E-state index in [1.807, 2.05) is 22.2 Å². The van der Waals surface area contributed by atoms with Crippen molar-refractivity contribution in [3.63, 3.8) is 0 Å². The summed E-state index contributed by atoms with van der Waals surface area (Å²) in [4.78, 5) is 32.8. The van der Waals surface area contributed by atoms with Crippen LogP contribution in [-0.2, 0) is 13.6 Å². The first-order chi connectivity index (χ1) is 12.0. The summed E-state index contributed by atoms with van der Waals surface area (Å²) in [5, 5.41) is 5.28. The molecule has 126 valence electrons. The van der Waals surface area contributed by atoms with Crippen molar-refractivity contribution in [2.45, 2.75) is 6.54 Å². The minimum atomic E-state index is -0.238. The molecule has 0 radical (unpaired) electrons. The summed E-state index contributed by atoms with van der Waals surface area (Å²) in [5.41, 5.74) is 1.59. The molecule has 4 rings (SSSR count). The molecule has 4 aromatic rings. The fourth-order valence-electron chi connectivity index (χ4n) is 2.58. The van der Waals surface area contributed by atoms with Crippen LogP contribution in [0.4, 0.5) is 0 Å². The van der Waals surface area contributed by atoms with Crippen LogP contribution in [0.3, 0.4) is 0 Å². The number of nitrogens with one attached hydrogen (secondary N) is 2. The Labute approximate surface area is 150 Å². The standard InChI is InChI=1S/C16H13N5O2S2/c1-20-14(23)11-3-2-9(6-12(11)19-15(20)24)13(22)17-7-10-8-21-4-5-25-16(21)18-10/h2-6,8H,7H2,1H3,(H,17,22)(H,19,24). The number of amides is 1. The Morgan fingerprint density at radius 1 is 1.44 bits per heavy atom. The van der Waals surface area contributed by atoms with Gasteiger partial charge in [0.15, 0.2) is 9.73 Å². The second kappa shape index (κ2) is 5.94. The van der Waals surface area contributed by atoms with Crippen LogP contribution in [-0.4, -0.2) is 24.8 Å². The lowest BCUT2D eigenvalue weighted by atomic mass is 10.1. The maximum Gasteiger partial charge on any atom is 0.261 e. The van der Waals surface area contributed by atoms with E-state index in [1.165, 1.54) is 15.9 Å². The highest BCUT2D eigenvalue weighted by molar-refractivity contribution is 7.71. The lowest BCUT2D eigenvalue weighted by molar-refractivity contribution is 0.0950. The molecular formula is C16H13N5O2S2. The van der Waals surface area contributed by atoms with Crippen LogP contribution < -0.4 is 10.9 Å². The van der Waals surface area contributed by atoms with Gasteiger partial charge in [-0.15, -0.1) is 11.3 Å². The number of H-pyrrole nitrogens is 1. The first-order valence-corrected chi connectivity index (χ1v) is 8.74. The lowest BCUT2D eigenvalue weighted by Crippen LogP contribution is -2.23. The molecule has 25 heavy (non-hydrogen) atoms. The van der Waals surface area contributed by atoms with Gasteiger partial charge in [-0.3, -0.25) is 18.6 Å². The van der Waals surface area contributed by atoms with Gasteiger partial charge in [0.05, 0.1) is 23.1 Å². The molecule has 0 spiro atoms. The number of carbonyl (C=O) groups excluding carboxylic acids is 1. The lowest BCUT2D eigenvalue weighted by Gasteiger charge is -2.06. The third-order valence-corrected chi connectivity index (χ3v) is 5.08. The molecular weight excluding hydrogens is 358 g/mol. The van der Waals surface area contributed by atoms with Crippen molar-refractivity contribution < 1.29 is 4.79 Å². The molecule has 0 bridgehead atoms. The van der Waals surface area contributed by atoms with Crippen LogP contribution in [0, 0.1) is 4.77 Å². The molecule has 1 amide bonds. The summed E-state index contributed by atoms with van der Waals surface area (Å²) in [7, 11) is 1.61. The zero-order valence-corrected chi connectivity index (χ0v) is 14.8. The fraction of sp³-hybridized carbons (Fsp3) is 0.125. The van der Waals surface area contributed by atoms with E-state index in [1.54, 1.807) is 25.2 Å². The fourth-order valence-corrected chi connectivity index (χ4v) is 3.49. The summed E-state index contributed by atoms with van der Waals surface area (Å²) in [5.74, 6) is -0.238.